The maximum Gasteiger partial charge on any atom is 0.151 e. The Balaban J connectivity index is 2.98. The molecule has 0 spiro atoms. The smallest absolute Gasteiger partial charge is 0.151 e. The minimum absolute atomic E-state index is 0.683. The Morgan fingerprint density at radius 3 is 2.38 bits per heavy atom. The lowest BCUT2D eigenvalue weighted by molar-refractivity contribution is 0.112. The third-order valence-electron chi connectivity index (χ3n) is 2.71. The van der Waals surface area contributed by atoms with Crippen molar-refractivity contribution in [2.75, 3.05) is 0 Å². The lowest BCUT2D eigenvalue weighted by Gasteiger charge is -2.09. The van der Waals surface area contributed by atoms with Crippen LogP contribution in [0.5, 0.6) is 0 Å². The minimum atomic E-state index is 0.683. The van der Waals surface area contributed by atoms with E-state index in [9.17, 15) is 4.79 Å². The van der Waals surface area contributed by atoms with Crippen LogP contribution in [0.2, 0.25) is 0 Å². The van der Waals surface area contributed by atoms with Crippen molar-refractivity contribution in [3.05, 3.63) is 60.2 Å². The topological polar surface area (TPSA) is 17.1 Å². The second-order valence-corrected chi connectivity index (χ2v) is 3.54. The molecule has 0 saturated heterocycles. The Labute approximate surface area is 94.7 Å². The van der Waals surface area contributed by atoms with Crippen molar-refractivity contribution in [1.29, 1.82) is 0 Å². The summed E-state index contributed by atoms with van der Waals surface area (Å²) < 4.78 is 0. The van der Waals surface area contributed by atoms with E-state index in [0.717, 1.165) is 28.2 Å². The minimum Gasteiger partial charge on any atom is -0.298 e. The lowest BCUT2D eigenvalue weighted by atomic mass is 9.95. The Morgan fingerprint density at radius 1 is 1.00 bits per heavy atom. The van der Waals surface area contributed by atoms with Gasteiger partial charge in [0.25, 0.3) is 0 Å². The fourth-order valence-electron chi connectivity index (χ4n) is 1.94. The van der Waals surface area contributed by atoms with Gasteiger partial charge in [0.2, 0.25) is 0 Å². The fourth-order valence-corrected chi connectivity index (χ4v) is 1.94. The molecule has 0 amide bonds. The van der Waals surface area contributed by atoms with E-state index in [1.54, 1.807) is 12.2 Å². The van der Waals surface area contributed by atoms with E-state index in [-0.39, 0.29) is 0 Å². The summed E-state index contributed by atoms with van der Waals surface area (Å²) in [4.78, 5) is 11.2. The first kappa shape index (κ1) is 10.4. The molecule has 0 unspecified atom stereocenters. The monoisotopic (exact) mass is 208 g/mol. The molecule has 1 nitrogen and oxygen atoms in total. The zero-order chi connectivity index (χ0) is 11.5. The average molecular weight is 208 g/mol. The molecule has 2 aromatic carbocycles. The van der Waals surface area contributed by atoms with Gasteiger partial charge in [-0.25, -0.2) is 0 Å². The predicted molar refractivity (Wildman–Crippen MR) is 69.5 cm³/mol. The van der Waals surface area contributed by atoms with Gasteiger partial charge in [0.15, 0.2) is 6.29 Å². The number of carbonyl (C=O) groups excluding carboxylic acids is 1. The van der Waals surface area contributed by atoms with E-state index in [1.165, 1.54) is 0 Å². The molecule has 78 valence electrons. The Kier molecular flexibility index (Phi) is 2.69. The van der Waals surface area contributed by atoms with Gasteiger partial charge in [-0.05, 0) is 28.0 Å². The largest absolute Gasteiger partial charge is 0.298 e. The summed E-state index contributed by atoms with van der Waals surface area (Å²) >= 11 is 0. The molecule has 0 aliphatic rings. The molecule has 2 aromatic rings. The summed E-state index contributed by atoms with van der Waals surface area (Å²) in [6, 6.07) is 9.83. The summed E-state index contributed by atoms with van der Waals surface area (Å²) in [6.07, 6.45) is 4.33. The van der Waals surface area contributed by atoms with Crippen LogP contribution >= 0.6 is 0 Å². The molecular formula is C15H12O. The van der Waals surface area contributed by atoms with Gasteiger partial charge in [0.05, 0.1) is 0 Å². The van der Waals surface area contributed by atoms with Crippen LogP contribution in [-0.2, 0) is 0 Å². The standard InChI is InChI=1S/C15H12O/c1-3-11-9-12-7-5-6-8-14(12)15(10-16)13(11)4-2/h3-10H,1-2H2. The van der Waals surface area contributed by atoms with Gasteiger partial charge in [0, 0.05) is 5.56 Å². The highest BCUT2D eigenvalue weighted by Gasteiger charge is 2.08. The van der Waals surface area contributed by atoms with Crippen molar-refractivity contribution in [3.63, 3.8) is 0 Å². The summed E-state index contributed by atoms with van der Waals surface area (Å²) in [5, 5.41) is 2.00. The van der Waals surface area contributed by atoms with E-state index >= 15 is 0 Å². The number of fused-ring (bicyclic) bond motifs is 1. The number of hydrogen-bond acceptors (Lipinski definition) is 1. The molecule has 0 atom stereocenters. The zero-order valence-electron chi connectivity index (χ0n) is 8.94. The lowest BCUT2D eigenvalue weighted by Crippen LogP contribution is -1.92. The molecule has 0 heterocycles. The van der Waals surface area contributed by atoms with Gasteiger partial charge in [-0.3, -0.25) is 4.79 Å². The molecular weight excluding hydrogens is 196 g/mol. The first-order chi connectivity index (χ1) is 7.81. The van der Waals surface area contributed by atoms with Crippen LogP contribution in [0.3, 0.4) is 0 Å². The van der Waals surface area contributed by atoms with Gasteiger partial charge >= 0.3 is 0 Å². The van der Waals surface area contributed by atoms with Crippen LogP contribution in [-0.4, -0.2) is 6.29 Å². The molecule has 0 aliphatic heterocycles. The molecule has 2 rings (SSSR count). The Morgan fingerprint density at radius 2 is 1.75 bits per heavy atom. The van der Waals surface area contributed by atoms with E-state index in [1.807, 2.05) is 30.3 Å². The highest BCUT2D eigenvalue weighted by Crippen LogP contribution is 2.26. The highest BCUT2D eigenvalue weighted by atomic mass is 16.1. The first-order valence-electron chi connectivity index (χ1n) is 5.07. The van der Waals surface area contributed by atoms with E-state index in [2.05, 4.69) is 13.2 Å². The van der Waals surface area contributed by atoms with Crippen molar-refractivity contribution in [2.24, 2.45) is 0 Å². The molecule has 0 bridgehead atoms. The average Bonchev–Trinajstić information content (AvgIpc) is 2.36. The quantitative estimate of drug-likeness (QED) is 0.698. The molecule has 0 saturated carbocycles. The van der Waals surface area contributed by atoms with Crippen LogP contribution in [0, 0.1) is 0 Å². The van der Waals surface area contributed by atoms with Crippen LogP contribution in [0.4, 0.5) is 0 Å². The van der Waals surface area contributed by atoms with E-state index in [0.29, 0.717) is 5.56 Å². The Bertz CT molecular complexity index is 579. The van der Waals surface area contributed by atoms with Gasteiger partial charge in [-0.2, -0.15) is 0 Å². The normalized spacial score (nSPS) is 10.0. The zero-order valence-corrected chi connectivity index (χ0v) is 8.94. The number of aldehydes is 1. The number of carbonyl (C=O) groups is 1. The second-order valence-electron chi connectivity index (χ2n) is 3.54. The number of rotatable bonds is 3. The Hall–Kier alpha value is -2.15. The van der Waals surface area contributed by atoms with Gasteiger partial charge < -0.3 is 0 Å². The van der Waals surface area contributed by atoms with Crippen LogP contribution in [0.1, 0.15) is 21.5 Å². The number of benzene rings is 2. The maximum atomic E-state index is 11.2. The molecule has 0 aliphatic carbocycles. The van der Waals surface area contributed by atoms with Crippen LogP contribution < -0.4 is 0 Å². The predicted octanol–water partition coefficient (Wildman–Crippen LogP) is 3.94. The van der Waals surface area contributed by atoms with Crippen molar-refractivity contribution in [1.82, 2.24) is 0 Å². The molecule has 16 heavy (non-hydrogen) atoms. The molecule has 1 heteroatoms. The van der Waals surface area contributed by atoms with Gasteiger partial charge in [-0.15, -0.1) is 0 Å². The number of hydrogen-bond donors (Lipinski definition) is 0. The van der Waals surface area contributed by atoms with Crippen molar-refractivity contribution in [2.45, 2.75) is 0 Å². The second kappa shape index (κ2) is 4.15. The third-order valence-corrected chi connectivity index (χ3v) is 2.71. The first-order valence-corrected chi connectivity index (χ1v) is 5.07. The summed E-state index contributed by atoms with van der Waals surface area (Å²) in [5.74, 6) is 0. The van der Waals surface area contributed by atoms with Gasteiger partial charge in [-0.1, -0.05) is 49.6 Å². The summed E-state index contributed by atoms with van der Waals surface area (Å²) in [6.45, 7) is 7.51. The fraction of sp³-hybridized carbons (Fsp3) is 0. The molecule has 0 aromatic heterocycles. The molecule has 0 radical (unpaired) electrons. The van der Waals surface area contributed by atoms with Crippen molar-refractivity contribution >= 4 is 29.2 Å². The third kappa shape index (κ3) is 1.47. The summed E-state index contributed by atoms with van der Waals surface area (Å²) in [7, 11) is 0. The molecule has 0 N–H and O–H groups in total. The van der Waals surface area contributed by atoms with Crippen LogP contribution in [0.25, 0.3) is 22.9 Å². The van der Waals surface area contributed by atoms with Crippen molar-refractivity contribution < 1.29 is 4.79 Å². The van der Waals surface area contributed by atoms with Crippen LogP contribution in [0.15, 0.2) is 43.5 Å². The van der Waals surface area contributed by atoms with E-state index < -0.39 is 0 Å². The SMILES string of the molecule is C=Cc1cc2ccccc2c(C=O)c1C=C. The van der Waals surface area contributed by atoms with Crippen molar-refractivity contribution in [3.8, 4) is 0 Å². The summed E-state index contributed by atoms with van der Waals surface area (Å²) in [5.41, 5.74) is 2.47. The highest BCUT2D eigenvalue weighted by molar-refractivity contribution is 6.03. The van der Waals surface area contributed by atoms with Gasteiger partial charge in [0.1, 0.15) is 0 Å². The van der Waals surface area contributed by atoms with E-state index in [4.69, 9.17) is 0 Å². The maximum absolute atomic E-state index is 11.2. The molecule has 0 fully saturated rings.